The van der Waals surface area contributed by atoms with Crippen molar-refractivity contribution in [2.45, 2.75) is 64.7 Å². The van der Waals surface area contributed by atoms with Crippen molar-refractivity contribution < 1.29 is 0 Å². The molecular weight excluding hydrogens is 284 g/mol. The highest BCUT2D eigenvalue weighted by molar-refractivity contribution is 9.09. The molecule has 0 saturated carbocycles. The van der Waals surface area contributed by atoms with Crippen LogP contribution in [0, 0.1) is 11.8 Å². The van der Waals surface area contributed by atoms with Gasteiger partial charge in [0.05, 0.1) is 0 Å². The summed E-state index contributed by atoms with van der Waals surface area (Å²) >= 11 is 3.54. The number of rotatable bonds is 9. The normalized spacial score (nSPS) is 25.4. The second kappa shape index (κ2) is 7.53. The summed E-state index contributed by atoms with van der Waals surface area (Å²) in [6, 6.07) is 0. The largest absolute Gasteiger partial charge is 0.0928 e. The number of alkyl halides is 1. The van der Waals surface area contributed by atoms with Crippen molar-refractivity contribution in [3.05, 3.63) is 23.3 Å². The van der Waals surface area contributed by atoms with Gasteiger partial charge in [-0.2, -0.15) is 0 Å². The fourth-order valence-electron chi connectivity index (χ4n) is 3.54. The van der Waals surface area contributed by atoms with Gasteiger partial charge in [0.2, 0.25) is 0 Å². The van der Waals surface area contributed by atoms with Crippen LogP contribution in [0.25, 0.3) is 0 Å². The number of hydrogen-bond donors (Lipinski definition) is 0. The molecule has 18 heavy (non-hydrogen) atoms. The lowest BCUT2D eigenvalue weighted by Gasteiger charge is -2.16. The molecule has 0 aromatic carbocycles. The first kappa shape index (κ1) is 14.4. The molecule has 2 atom stereocenters. The van der Waals surface area contributed by atoms with Gasteiger partial charge in [0.1, 0.15) is 0 Å². The Morgan fingerprint density at radius 3 is 2.11 bits per heavy atom. The van der Waals surface area contributed by atoms with Gasteiger partial charge in [-0.3, -0.25) is 0 Å². The zero-order valence-electron chi connectivity index (χ0n) is 11.8. The maximum Gasteiger partial charge on any atom is 0.00314 e. The molecule has 0 aliphatic heterocycles. The van der Waals surface area contributed by atoms with Crippen LogP contribution in [-0.4, -0.2) is 5.33 Å². The zero-order chi connectivity index (χ0) is 12.8. The van der Waals surface area contributed by atoms with Gasteiger partial charge in [-0.15, -0.1) is 0 Å². The van der Waals surface area contributed by atoms with Crippen molar-refractivity contribution in [2.24, 2.45) is 11.8 Å². The van der Waals surface area contributed by atoms with Gasteiger partial charge in [0, 0.05) is 5.33 Å². The van der Waals surface area contributed by atoms with Crippen molar-refractivity contribution >= 4 is 15.9 Å². The molecule has 102 valence electrons. The minimum absolute atomic E-state index is 0.825. The van der Waals surface area contributed by atoms with Crippen LogP contribution in [0.3, 0.4) is 0 Å². The van der Waals surface area contributed by atoms with E-state index < -0.39 is 0 Å². The molecule has 2 rings (SSSR count). The molecular formula is C17H27Br. The fraction of sp³-hybridized carbons (Fsp3) is 0.765. The Bertz CT molecular complexity index is 314. The third kappa shape index (κ3) is 3.50. The SMILES string of the molecule is CCCCCCC1=C(CCCCBr)C2C=CC1C2. The average Bonchev–Trinajstić information content (AvgIpc) is 2.97. The van der Waals surface area contributed by atoms with E-state index in [2.05, 4.69) is 35.0 Å². The van der Waals surface area contributed by atoms with E-state index in [1.54, 1.807) is 0 Å². The number of halogens is 1. The van der Waals surface area contributed by atoms with Gasteiger partial charge >= 0.3 is 0 Å². The van der Waals surface area contributed by atoms with Crippen molar-refractivity contribution in [1.82, 2.24) is 0 Å². The molecule has 0 spiro atoms. The van der Waals surface area contributed by atoms with Crippen LogP contribution in [-0.2, 0) is 0 Å². The van der Waals surface area contributed by atoms with Gasteiger partial charge in [-0.05, 0) is 50.4 Å². The first-order chi connectivity index (χ1) is 8.86. The first-order valence-electron chi connectivity index (χ1n) is 7.83. The molecule has 2 aliphatic rings. The lowest BCUT2D eigenvalue weighted by atomic mass is 9.90. The predicted molar refractivity (Wildman–Crippen MR) is 84.2 cm³/mol. The lowest BCUT2D eigenvalue weighted by molar-refractivity contribution is 0.631. The predicted octanol–water partition coefficient (Wildman–Crippen LogP) is 6.02. The fourth-order valence-corrected chi connectivity index (χ4v) is 3.93. The van der Waals surface area contributed by atoms with Gasteiger partial charge in [-0.25, -0.2) is 0 Å². The van der Waals surface area contributed by atoms with Crippen LogP contribution in [0.2, 0.25) is 0 Å². The molecule has 1 heteroatoms. The third-order valence-electron chi connectivity index (χ3n) is 4.52. The molecule has 0 heterocycles. The molecule has 0 fully saturated rings. The van der Waals surface area contributed by atoms with Crippen LogP contribution in [0.5, 0.6) is 0 Å². The van der Waals surface area contributed by atoms with Gasteiger partial charge < -0.3 is 0 Å². The summed E-state index contributed by atoms with van der Waals surface area (Å²) in [5, 5.41) is 1.16. The van der Waals surface area contributed by atoms with Crippen molar-refractivity contribution in [1.29, 1.82) is 0 Å². The summed E-state index contributed by atoms with van der Waals surface area (Å²) in [4.78, 5) is 0. The number of hydrogen-bond acceptors (Lipinski definition) is 0. The van der Waals surface area contributed by atoms with Gasteiger partial charge in [0.15, 0.2) is 0 Å². The molecule has 2 bridgehead atoms. The van der Waals surface area contributed by atoms with Gasteiger partial charge in [0.25, 0.3) is 0 Å². The molecule has 0 radical (unpaired) electrons. The molecule has 0 aromatic heterocycles. The van der Waals surface area contributed by atoms with E-state index in [0.29, 0.717) is 0 Å². The minimum Gasteiger partial charge on any atom is -0.0928 e. The van der Waals surface area contributed by atoms with E-state index in [0.717, 1.165) is 17.2 Å². The highest BCUT2D eigenvalue weighted by Crippen LogP contribution is 2.47. The second-order valence-corrected chi connectivity index (χ2v) is 6.63. The van der Waals surface area contributed by atoms with E-state index >= 15 is 0 Å². The van der Waals surface area contributed by atoms with Crippen molar-refractivity contribution in [2.75, 3.05) is 5.33 Å². The molecule has 0 amide bonds. The summed E-state index contributed by atoms with van der Waals surface area (Å²) in [5.74, 6) is 1.65. The van der Waals surface area contributed by atoms with Crippen LogP contribution in [0.4, 0.5) is 0 Å². The highest BCUT2D eigenvalue weighted by atomic mass is 79.9. The molecule has 0 nitrogen and oxygen atoms in total. The average molecular weight is 311 g/mol. The van der Waals surface area contributed by atoms with E-state index in [9.17, 15) is 0 Å². The molecule has 0 N–H and O–H groups in total. The highest BCUT2D eigenvalue weighted by Gasteiger charge is 2.33. The Morgan fingerprint density at radius 2 is 1.56 bits per heavy atom. The third-order valence-corrected chi connectivity index (χ3v) is 5.08. The Labute approximate surface area is 121 Å². The van der Waals surface area contributed by atoms with E-state index in [4.69, 9.17) is 0 Å². The van der Waals surface area contributed by atoms with Crippen molar-refractivity contribution in [3.8, 4) is 0 Å². The Kier molecular flexibility index (Phi) is 6.01. The lowest BCUT2D eigenvalue weighted by Crippen LogP contribution is -2.00. The summed E-state index contributed by atoms with van der Waals surface area (Å²) in [6.45, 7) is 2.30. The number of fused-ring (bicyclic) bond motifs is 2. The molecule has 0 aromatic rings. The van der Waals surface area contributed by atoms with Gasteiger partial charge in [-0.1, -0.05) is 65.4 Å². The summed E-state index contributed by atoms with van der Waals surface area (Å²) < 4.78 is 0. The molecule has 0 saturated heterocycles. The Hall–Kier alpha value is -0.0400. The smallest absolute Gasteiger partial charge is 0.00314 e. The van der Waals surface area contributed by atoms with E-state index in [-0.39, 0.29) is 0 Å². The molecule has 2 unspecified atom stereocenters. The van der Waals surface area contributed by atoms with Crippen LogP contribution >= 0.6 is 15.9 Å². The first-order valence-corrected chi connectivity index (χ1v) is 8.95. The number of unbranched alkanes of at least 4 members (excludes halogenated alkanes) is 4. The topological polar surface area (TPSA) is 0 Å². The Balaban J connectivity index is 1.85. The number of allylic oxidation sites excluding steroid dienone is 4. The zero-order valence-corrected chi connectivity index (χ0v) is 13.3. The second-order valence-electron chi connectivity index (χ2n) is 5.84. The summed E-state index contributed by atoms with van der Waals surface area (Å²) in [6.07, 6.45) is 17.4. The quantitative estimate of drug-likeness (QED) is 0.277. The van der Waals surface area contributed by atoms with Crippen LogP contribution in [0.1, 0.15) is 64.7 Å². The monoisotopic (exact) mass is 310 g/mol. The molecule has 2 aliphatic carbocycles. The van der Waals surface area contributed by atoms with Crippen LogP contribution in [0.15, 0.2) is 23.3 Å². The van der Waals surface area contributed by atoms with E-state index in [1.165, 1.54) is 57.8 Å². The Morgan fingerprint density at radius 1 is 0.944 bits per heavy atom. The maximum absolute atomic E-state index is 3.54. The van der Waals surface area contributed by atoms with Crippen LogP contribution < -0.4 is 0 Å². The van der Waals surface area contributed by atoms with E-state index in [1.807, 2.05) is 11.1 Å². The van der Waals surface area contributed by atoms with Crippen molar-refractivity contribution in [3.63, 3.8) is 0 Å². The summed E-state index contributed by atoms with van der Waals surface area (Å²) in [7, 11) is 0. The maximum atomic E-state index is 3.54. The standard InChI is InChI=1S/C17H27Br/c1-2-3-4-5-8-16-14-10-11-15(13-14)17(16)9-6-7-12-18/h10-11,14-15H,2-9,12-13H2,1H3. The minimum atomic E-state index is 0.825. The summed E-state index contributed by atoms with van der Waals surface area (Å²) in [5.41, 5.74) is 3.67.